The Labute approximate surface area is 119 Å². The van der Waals surface area contributed by atoms with Gasteiger partial charge in [-0.25, -0.2) is 0 Å². The number of hydrogen-bond donors (Lipinski definition) is 1. The Hall–Kier alpha value is -2.29. The Bertz CT molecular complexity index is 603. The fourth-order valence-corrected chi connectivity index (χ4v) is 2.02. The van der Waals surface area contributed by atoms with Crippen LogP contribution in [0.15, 0.2) is 42.5 Å². The van der Waals surface area contributed by atoms with E-state index in [2.05, 4.69) is 5.32 Å². The van der Waals surface area contributed by atoms with E-state index in [1.807, 2.05) is 56.3 Å². The largest absolute Gasteiger partial charge is 0.497 e. The van der Waals surface area contributed by atoms with Gasteiger partial charge in [0, 0.05) is 12.1 Å². The third kappa shape index (κ3) is 3.18. The Balaban J connectivity index is 2.02. The smallest absolute Gasteiger partial charge is 0.251 e. The predicted octanol–water partition coefficient (Wildman–Crippen LogP) is 3.24. The molecule has 0 spiro atoms. The van der Waals surface area contributed by atoms with Crippen molar-refractivity contribution >= 4 is 5.91 Å². The van der Waals surface area contributed by atoms with Gasteiger partial charge in [0.1, 0.15) is 5.75 Å². The molecular weight excluding hydrogens is 250 g/mol. The highest BCUT2D eigenvalue weighted by molar-refractivity contribution is 5.95. The fourth-order valence-electron chi connectivity index (χ4n) is 2.02. The maximum atomic E-state index is 12.2. The fraction of sp³-hybridized carbons (Fsp3) is 0.235. The summed E-state index contributed by atoms with van der Waals surface area (Å²) in [5.41, 5.74) is 3.93. The molecule has 0 atom stereocenters. The van der Waals surface area contributed by atoms with Crippen LogP contribution in [-0.4, -0.2) is 13.0 Å². The van der Waals surface area contributed by atoms with Gasteiger partial charge >= 0.3 is 0 Å². The van der Waals surface area contributed by atoms with Crippen LogP contribution in [0.3, 0.4) is 0 Å². The molecule has 20 heavy (non-hydrogen) atoms. The molecule has 0 unspecified atom stereocenters. The van der Waals surface area contributed by atoms with Crippen molar-refractivity contribution in [2.75, 3.05) is 7.11 Å². The molecule has 2 aromatic carbocycles. The highest BCUT2D eigenvalue weighted by Gasteiger charge is 2.09. The van der Waals surface area contributed by atoms with E-state index >= 15 is 0 Å². The van der Waals surface area contributed by atoms with E-state index in [0.717, 1.165) is 28.0 Å². The van der Waals surface area contributed by atoms with Crippen molar-refractivity contribution in [1.82, 2.24) is 5.32 Å². The molecule has 0 saturated carbocycles. The highest BCUT2D eigenvalue weighted by Crippen LogP contribution is 2.14. The standard InChI is InChI=1S/C17H19NO2/c1-12-5-4-6-16(13(12)2)17(19)18-11-14-7-9-15(20-3)10-8-14/h4-10H,11H2,1-3H3,(H,18,19). The summed E-state index contributed by atoms with van der Waals surface area (Å²) in [7, 11) is 1.64. The second-order valence-corrected chi connectivity index (χ2v) is 4.78. The van der Waals surface area contributed by atoms with Crippen molar-refractivity contribution in [1.29, 1.82) is 0 Å². The molecule has 0 radical (unpaired) electrons. The maximum Gasteiger partial charge on any atom is 0.251 e. The van der Waals surface area contributed by atoms with Gasteiger partial charge in [-0.05, 0) is 48.7 Å². The van der Waals surface area contributed by atoms with Crippen LogP contribution < -0.4 is 10.1 Å². The van der Waals surface area contributed by atoms with Crippen LogP contribution in [0.1, 0.15) is 27.0 Å². The summed E-state index contributed by atoms with van der Waals surface area (Å²) < 4.78 is 5.11. The van der Waals surface area contributed by atoms with Crippen LogP contribution in [0.25, 0.3) is 0 Å². The van der Waals surface area contributed by atoms with E-state index in [-0.39, 0.29) is 5.91 Å². The summed E-state index contributed by atoms with van der Waals surface area (Å²) in [5.74, 6) is 0.775. The number of carbonyl (C=O) groups is 1. The quantitative estimate of drug-likeness (QED) is 0.925. The van der Waals surface area contributed by atoms with Crippen LogP contribution >= 0.6 is 0 Å². The first-order valence-electron chi connectivity index (χ1n) is 6.59. The van der Waals surface area contributed by atoms with E-state index in [1.165, 1.54) is 0 Å². The number of carbonyl (C=O) groups excluding carboxylic acids is 1. The SMILES string of the molecule is COc1ccc(CNC(=O)c2cccc(C)c2C)cc1. The molecule has 2 aromatic rings. The number of aryl methyl sites for hydroxylation is 1. The van der Waals surface area contributed by atoms with Gasteiger partial charge in [-0.3, -0.25) is 4.79 Å². The van der Waals surface area contributed by atoms with Crippen LogP contribution in [0.5, 0.6) is 5.75 Å². The number of nitrogens with one attached hydrogen (secondary N) is 1. The number of rotatable bonds is 4. The summed E-state index contributed by atoms with van der Waals surface area (Å²) in [4.78, 5) is 12.2. The lowest BCUT2D eigenvalue weighted by Gasteiger charge is -2.10. The van der Waals surface area contributed by atoms with E-state index in [9.17, 15) is 4.79 Å². The van der Waals surface area contributed by atoms with E-state index < -0.39 is 0 Å². The Kier molecular flexibility index (Phi) is 4.41. The third-order valence-corrected chi connectivity index (χ3v) is 3.46. The Morgan fingerprint density at radius 2 is 1.80 bits per heavy atom. The third-order valence-electron chi connectivity index (χ3n) is 3.46. The van der Waals surface area contributed by atoms with Crippen molar-refractivity contribution < 1.29 is 9.53 Å². The average molecular weight is 269 g/mol. The minimum atomic E-state index is -0.0398. The Morgan fingerprint density at radius 3 is 2.45 bits per heavy atom. The van der Waals surface area contributed by atoms with Crippen LogP contribution in [-0.2, 0) is 6.54 Å². The summed E-state index contributed by atoms with van der Waals surface area (Å²) in [5, 5.41) is 2.94. The zero-order chi connectivity index (χ0) is 14.5. The number of hydrogen-bond acceptors (Lipinski definition) is 2. The summed E-state index contributed by atoms with van der Waals surface area (Å²) in [6.07, 6.45) is 0. The average Bonchev–Trinajstić information content (AvgIpc) is 2.48. The van der Waals surface area contributed by atoms with Crippen molar-refractivity contribution in [3.8, 4) is 5.75 Å². The molecule has 0 heterocycles. The number of methoxy groups -OCH3 is 1. The van der Waals surface area contributed by atoms with Gasteiger partial charge in [0.15, 0.2) is 0 Å². The van der Waals surface area contributed by atoms with Gasteiger partial charge in [0.05, 0.1) is 7.11 Å². The van der Waals surface area contributed by atoms with Crippen LogP contribution in [0, 0.1) is 13.8 Å². The normalized spacial score (nSPS) is 10.2. The lowest BCUT2D eigenvalue weighted by Crippen LogP contribution is -2.23. The monoisotopic (exact) mass is 269 g/mol. The first-order valence-corrected chi connectivity index (χ1v) is 6.59. The molecule has 0 fully saturated rings. The molecule has 1 amide bonds. The molecular formula is C17H19NO2. The van der Waals surface area contributed by atoms with Crippen LogP contribution in [0.2, 0.25) is 0 Å². The minimum absolute atomic E-state index is 0.0398. The van der Waals surface area contributed by atoms with Gasteiger partial charge in [0.25, 0.3) is 5.91 Å². The molecule has 104 valence electrons. The van der Waals surface area contributed by atoms with Crippen LogP contribution in [0.4, 0.5) is 0 Å². The predicted molar refractivity (Wildman–Crippen MR) is 80.1 cm³/mol. The lowest BCUT2D eigenvalue weighted by molar-refractivity contribution is 0.0950. The lowest BCUT2D eigenvalue weighted by atomic mass is 10.0. The molecule has 0 aliphatic carbocycles. The summed E-state index contributed by atoms with van der Waals surface area (Å²) >= 11 is 0. The van der Waals surface area contributed by atoms with Gasteiger partial charge in [-0.15, -0.1) is 0 Å². The van der Waals surface area contributed by atoms with Crippen molar-refractivity contribution in [2.24, 2.45) is 0 Å². The second-order valence-electron chi connectivity index (χ2n) is 4.78. The van der Waals surface area contributed by atoms with E-state index in [1.54, 1.807) is 7.11 Å². The molecule has 2 rings (SSSR count). The number of amides is 1. The number of ether oxygens (including phenoxy) is 1. The van der Waals surface area contributed by atoms with Gasteiger partial charge in [0.2, 0.25) is 0 Å². The molecule has 1 N–H and O–H groups in total. The maximum absolute atomic E-state index is 12.2. The first kappa shape index (κ1) is 14.1. The molecule has 0 aliphatic rings. The van der Waals surface area contributed by atoms with Gasteiger partial charge in [-0.2, -0.15) is 0 Å². The summed E-state index contributed by atoms with van der Waals surface area (Å²) in [6, 6.07) is 13.4. The molecule has 3 heteroatoms. The van der Waals surface area contributed by atoms with Crippen molar-refractivity contribution in [3.63, 3.8) is 0 Å². The first-order chi connectivity index (χ1) is 9.61. The highest BCUT2D eigenvalue weighted by atomic mass is 16.5. The Morgan fingerprint density at radius 1 is 1.10 bits per heavy atom. The minimum Gasteiger partial charge on any atom is -0.497 e. The zero-order valence-corrected chi connectivity index (χ0v) is 12.1. The van der Waals surface area contributed by atoms with Gasteiger partial charge in [-0.1, -0.05) is 24.3 Å². The van der Waals surface area contributed by atoms with Gasteiger partial charge < -0.3 is 10.1 Å². The van der Waals surface area contributed by atoms with E-state index in [0.29, 0.717) is 6.54 Å². The van der Waals surface area contributed by atoms with Crippen molar-refractivity contribution in [3.05, 3.63) is 64.7 Å². The molecule has 0 bridgehead atoms. The van der Waals surface area contributed by atoms with E-state index in [4.69, 9.17) is 4.74 Å². The molecule has 0 saturated heterocycles. The second kappa shape index (κ2) is 6.24. The molecule has 3 nitrogen and oxygen atoms in total. The number of benzene rings is 2. The van der Waals surface area contributed by atoms with Crippen molar-refractivity contribution in [2.45, 2.75) is 20.4 Å². The summed E-state index contributed by atoms with van der Waals surface area (Å²) in [6.45, 7) is 4.49. The molecule has 0 aliphatic heterocycles. The zero-order valence-electron chi connectivity index (χ0n) is 12.1. The topological polar surface area (TPSA) is 38.3 Å². The molecule has 0 aromatic heterocycles.